The normalized spacial score (nSPS) is 14.5. The van der Waals surface area contributed by atoms with Gasteiger partial charge in [0.15, 0.2) is 0 Å². The number of carbonyl (C=O) groups excluding carboxylic acids is 1. The van der Waals surface area contributed by atoms with Crippen molar-refractivity contribution in [2.45, 2.75) is 6.04 Å². The van der Waals surface area contributed by atoms with Crippen LogP contribution in [-0.4, -0.2) is 61.9 Å². The molecule has 3 aromatic rings. The molecule has 1 fully saturated rings. The first-order valence-electron chi connectivity index (χ1n) is 10.8. The van der Waals surface area contributed by atoms with E-state index in [1.165, 1.54) is 12.8 Å². The van der Waals surface area contributed by atoms with Crippen LogP contribution in [0.2, 0.25) is 0 Å². The minimum Gasteiger partial charge on any atom is -0.383 e. The Morgan fingerprint density at radius 2 is 1.79 bits per heavy atom. The lowest BCUT2D eigenvalue weighted by Gasteiger charge is -2.28. The van der Waals surface area contributed by atoms with E-state index in [0.717, 1.165) is 43.2 Å². The average Bonchev–Trinajstić information content (AvgIpc) is 2.86. The van der Waals surface area contributed by atoms with Crippen molar-refractivity contribution in [3.63, 3.8) is 0 Å². The van der Waals surface area contributed by atoms with Crippen molar-refractivity contribution in [3.05, 3.63) is 60.8 Å². The maximum Gasteiger partial charge on any atom is 0.243 e. The lowest BCUT2D eigenvalue weighted by Crippen LogP contribution is -2.39. The standard InChI is InChI=1S/C24H28N6O3/c1-32-16-21(25)23(31)27-18-4-2-17(3-5-18)22-10-11-26-24(29-22)28-19-6-8-20(9-7-19)30-12-14-33-15-13-30/h2-11,21H,12-16,25H2,1H3,(H,27,31)(H,26,28,29)/t21-/m0/s1. The van der Waals surface area contributed by atoms with Crippen LogP contribution in [0.3, 0.4) is 0 Å². The van der Waals surface area contributed by atoms with Gasteiger partial charge >= 0.3 is 0 Å². The number of methoxy groups -OCH3 is 1. The minimum atomic E-state index is -0.715. The van der Waals surface area contributed by atoms with Gasteiger partial charge in [-0.3, -0.25) is 4.79 Å². The van der Waals surface area contributed by atoms with Crippen molar-refractivity contribution in [2.75, 3.05) is 55.6 Å². The van der Waals surface area contributed by atoms with Gasteiger partial charge in [-0.1, -0.05) is 12.1 Å². The van der Waals surface area contributed by atoms with Gasteiger partial charge in [-0.2, -0.15) is 0 Å². The number of morpholine rings is 1. The molecule has 1 aromatic heterocycles. The van der Waals surface area contributed by atoms with Gasteiger partial charge in [-0.25, -0.2) is 9.97 Å². The highest BCUT2D eigenvalue weighted by molar-refractivity contribution is 5.95. The number of aromatic nitrogens is 2. The fourth-order valence-corrected chi connectivity index (χ4v) is 3.50. The van der Waals surface area contributed by atoms with Crippen LogP contribution >= 0.6 is 0 Å². The zero-order valence-corrected chi connectivity index (χ0v) is 18.5. The molecule has 172 valence electrons. The SMILES string of the molecule is COC[C@H](N)C(=O)Nc1ccc(-c2ccnc(Nc3ccc(N4CCOCC4)cc3)n2)cc1. The van der Waals surface area contributed by atoms with Crippen LogP contribution in [0.25, 0.3) is 11.3 Å². The van der Waals surface area contributed by atoms with Gasteiger partial charge in [0, 0.05) is 49.0 Å². The third kappa shape index (κ3) is 6.04. The molecule has 2 heterocycles. The molecule has 1 aliphatic heterocycles. The van der Waals surface area contributed by atoms with Crippen molar-refractivity contribution in [3.8, 4) is 11.3 Å². The summed E-state index contributed by atoms with van der Waals surface area (Å²) in [7, 11) is 1.51. The molecule has 1 amide bonds. The molecular weight excluding hydrogens is 420 g/mol. The molecule has 1 aliphatic rings. The predicted molar refractivity (Wildman–Crippen MR) is 129 cm³/mol. The van der Waals surface area contributed by atoms with E-state index in [0.29, 0.717) is 11.6 Å². The van der Waals surface area contributed by atoms with Gasteiger partial charge in [-0.05, 0) is 42.5 Å². The molecule has 1 atom stereocenters. The van der Waals surface area contributed by atoms with Crippen molar-refractivity contribution in [1.82, 2.24) is 9.97 Å². The van der Waals surface area contributed by atoms with E-state index in [1.807, 2.05) is 42.5 Å². The summed E-state index contributed by atoms with van der Waals surface area (Å²) in [6.07, 6.45) is 1.71. The molecule has 0 aliphatic carbocycles. The van der Waals surface area contributed by atoms with Gasteiger partial charge in [0.05, 0.1) is 25.5 Å². The number of anilines is 4. The van der Waals surface area contributed by atoms with E-state index in [-0.39, 0.29) is 12.5 Å². The predicted octanol–water partition coefficient (Wildman–Crippen LogP) is 2.64. The molecule has 4 N–H and O–H groups in total. The molecular formula is C24H28N6O3. The van der Waals surface area contributed by atoms with Crippen LogP contribution in [0, 0.1) is 0 Å². The number of rotatable bonds is 8. The zero-order chi connectivity index (χ0) is 23.0. The zero-order valence-electron chi connectivity index (χ0n) is 18.5. The molecule has 2 aromatic carbocycles. The van der Waals surface area contributed by atoms with Crippen molar-refractivity contribution in [2.24, 2.45) is 5.73 Å². The monoisotopic (exact) mass is 448 g/mol. The Morgan fingerprint density at radius 1 is 1.09 bits per heavy atom. The summed E-state index contributed by atoms with van der Waals surface area (Å²) >= 11 is 0. The topological polar surface area (TPSA) is 115 Å². The van der Waals surface area contributed by atoms with Gasteiger partial charge in [0.25, 0.3) is 0 Å². The second kappa shape index (κ2) is 10.9. The Morgan fingerprint density at radius 3 is 2.48 bits per heavy atom. The highest BCUT2D eigenvalue weighted by Gasteiger charge is 2.13. The van der Waals surface area contributed by atoms with Crippen molar-refractivity contribution < 1.29 is 14.3 Å². The summed E-state index contributed by atoms with van der Waals surface area (Å²) in [4.78, 5) is 23.3. The fraction of sp³-hybridized carbons (Fsp3) is 0.292. The Hall–Kier alpha value is -3.53. The molecule has 1 saturated heterocycles. The third-order valence-corrected chi connectivity index (χ3v) is 5.29. The molecule has 4 rings (SSSR count). The van der Waals surface area contributed by atoms with Crippen LogP contribution in [0.1, 0.15) is 0 Å². The molecule has 9 nitrogen and oxygen atoms in total. The maximum absolute atomic E-state index is 12.0. The number of nitrogens with two attached hydrogens (primary N) is 1. The van der Waals surface area contributed by atoms with E-state index in [1.54, 1.807) is 6.20 Å². The molecule has 33 heavy (non-hydrogen) atoms. The van der Waals surface area contributed by atoms with E-state index in [2.05, 4.69) is 37.6 Å². The average molecular weight is 449 g/mol. The van der Waals surface area contributed by atoms with Gasteiger partial charge in [0.1, 0.15) is 6.04 Å². The van der Waals surface area contributed by atoms with Gasteiger partial charge < -0.3 is 30.7 Å². The van der Waals surface area contributed by atoms with Crippen LogP contribution in [-0.2, 0) is 14.3 Å². The van der Waals surface area contributed by atoms with Gasteiger partial charge in [0.2, 0.25) is 11.9 Å². The van der Waals surface area contributed by atoms with E-state index in [9.17, 15) is 4.79 Å². The number of carbonyl (C=O) groups is 1. The van der Waals surface area contributed by atoms with E-state index >= 15 is 0 Å². The summed E-state index contributed by atoms with van der Waals surface area (Å²) in [5, 5.41) is 6.04. The fourth-order valence-electron chi connectivity index (χ4n) is 3.50. The smallest absolute Gasteiger partial charge is 0.243 e. The number of ether oxygens (including phenoxy) is 2. The number of nitrogens with one attached hydrogen (secondary N) is 2. The molecule has 9 heteroatoms. The highest BCUT2D eigenvalue weighted by atomic mass is 16.5. The minimum absolute atomic E-state index is 0.163. The number of hydrogen-bond donors (Lipinski definition) is 3. The van der Waals surface area contributed by atoms with Crippen molar-refractivity contribution in [1.29, 1.82) is 0 Å². The molecule has 0 radical (unpaired) electrons. The quantitative estimate of drug-likeness (QED) is 0.482. The Labute approximate surface area is 192 Å². The second-order valence-corrected chi connectivity index (χ2v) is 7.67. The third-order valence-electron chi connectivity index (χ3n) is 5.29. The molecule has 0 bridgehead atoms. The van der Waals surface area contributed by atoms with Crippen LogP contribution in [0.4, 0.5) is 23.0 Å². The lowest BCUT2D eigenvalue weighted by atomic mass is 10.1. The molecule has 0 spiro atoms. The summed E-state index contributed by atoms with van der Waals surface area (Å²) in [5.41, 5.74) is 10.2. The lowest BCUT2D eigenvalue weighted by molar-refractivity contribution is -0.118. The summed E-state index contributed by atoms with van der Waals surface area (Å²) in [6, 6.07) is 16.7. The first-order valence-corrected chi connectivity index (χ1v) is 10.8. The van der Waals surface area contributed by atoms with Gasteiger partial charge in [-0.15, -0.1) is 0 Å². The Balaban J connectivity index is 1.40. The number of hydrogen-bond acceptors (Lipinski definition) is 8. The Kier molecular flexibility index (Phi) is 7.46. The summed E-state index contributed by atoms with van der Waals surface area (Å²) in [6.45, 7) is 3.49. The Bertz CT molecular complexity index is 1050. The largest absolute Gasteiger partial charge is 0.383 e. The maximum atomic E-state index is 12.0. The summed E-state index contributed by atoms with van der Waals surface area (Å²) < 4.78 is 10.3. The van der Waals surface area contributed by atoms with Crippen LogP contribution in [0.5, 0.6) is 0 Å². The number of nitrogens with zero attached hydrogens (tertiary/aromatic N) is 3. The number of benzene rings is 2. The van der Waals surface area contributed by atoms with Crippen LogP contribution < -0.4 is 21.3 Å². The molecule has 0 unspecified atom stereocenters. The first kappa shape index (κ1) is 22.7. The van der Waals surface area contributed by atoms with E-state index < -0.39 is 6.04 Å². The summed E-state index contributed by atoms with van der Waals surface area (Å²) in [5.74, 6) is 0.215. The molecule has 0 saturated carbocycles. The van der Waals surface area contributed by atoms with Crippen molar-refractivity contribution >= 4 is 28.9 Å². The van der Waals surface area contributed by atoms with E-state index in [4.69, 9.17) is 15.2 Å². The highest BCUT2D eigenvalue weighted by Crippen LogP contribution is 2.23. The number of amides is 1. The van der Waals surface area contributed by atoms with Crippen LogP contribution in [0.15, 0.2) is 60.8 Å². The first-order chi connectivity index (χ1) is 16.1. The second-order valence-electron chi connectivity index (χ2n) is 7.67.